The van der Waals surface area contributed by atoms with E-state index < -0.39 is 0 Å². The van der Waals surface area contributed by atoms with Crippen LogP contribution in [0.15, 0.2) is 12.4 Å². The van der Waals surface area contributed by atoms with Crippen LogP contribution < -0.4 is 5.32 Å². The van der Waals surface area contributed by atoms with Gasteiger partial charge in [0.1, 0.15) is 6.33 Å². The van der Waals surface area contributed by atoms with Crippen LogP contribution in [0.1, 0.15) is 32.1 Å². The molecule has 0 aromatic carbocycles. The van der Waals surface area contributed by atoms with Crippen molar-refractivity contribution in [1.29, 1.82) is 0 Å². The first-order valence-electron chi connectivity index (χ1n) is 5.25. The fourth-order valence-electron chi connectivity index (χ4n) is 2.40. The molecule has 0 saturated heterocycles. The van der Waals surface area contributed by atoms with Crippen LogP contribution in [0.25, 0.3) is 6.20 Å². The Hall–Kier alpha value is -1.32. The topological polar surface area (TPSA) is 42.7 Å². The Labute approximate surface area is 83.0 Å². The molecule has 1 aromatic rings. The summed E-state index contributed by atoms with van der Waals surface area (Å²) in [4.78, 5) is 4.20. The molecule has 0 atom stereocenters. The minimum absolute atomic E-state index is 0.168. The maximum atomic E-state index is 4.20. The highest BCUT2D eigenvalue weighted by Crippen LogP contribution is 2.34. The van der Waals surface area contributed by atoms with Crippen LogP contribution in [0.2, 0.25) is 0 Å². The van der Waals surface area contributed by atoms with Crippen molar-refractivity contribution in [2.24, 2.45) is 0 Å². The maximum absolute atomic E-state index is 4.20. The van der Waals surface area contributed by atoms with E-state index in [1.165, 1.54) is 32.1 Å². The Morgan fingerprint density at radius 2 is 2.14 bits per heavy atom. The van der Waals surface area contributed by atoms with E-state index in [9.17, 15) is 0 Å². The Kier molecular flexibility index (Phi) is 1.63. The first kappa shape index (κ1) is 8.03. The summed E-state index contributed by atoms with van der Waals surface area (Å²) >= 11 is 0. The van der Waals surface area contributed by atoms with E-state index in [0.29, 0.717) is 0 Å². The van der Waals surface area contributed by atoms with Gasteiger partial charge in [-0.05, 0) is 18.9 Å². The first-order valence-corrected chi connectivity index (χ1v) is 5.25. The highest BCUT2D eigenvalue weighted by Gasteiger charge is 2.32. The van der Waals surface area contributed by atoms with Crippen molar-refractivity contribution in [2.75, 3.05) is 5.32 Å². The lowest BCUT2D eigenvalue weighted by atomic mass is 9.81. The molecule has 14 heavy (non-hydrogen) atoms. The lowest BCUT2D eigenvalue weighted by Gasteiger charge is -2.37. The van der Waals surface area contributed by atoms with E-state index in [1.54, 1.807) is 11.0 Å². The molecule has 74 valence electrons. The smallest absolute Gasteiger partial charge is 0.226 e. The molecular weight excluding hydrogens is 176 g/mol. The quantitative estimate of drug-likeness (QED) is 0.679. The lowest BCUT2D eigenvalue weighted by Crippen LogP contribution is -2.40. The highest BCUT2D eigenvalue weighted by atomic mass is 15.4. The standard InChI is InChI=1S/C10H14N4/c1-2-4-10(5-3-1)6-7-14-9(13-10)11-8-12-14/h6-8H,1-5H2,(H,11,12,13). The van der Waals surface area contributed by atoms with Crippen LogP contribution in [-0.2, 0) is 0 Å². The zero-order valence-electron chi connectivity index (χ0n) is 8.11. The third-order valence-corrected chi connectivity index (χ3v) is 3.21. The molecule has 1 N–H and O–H groups in total. The molecule has 1 aliphatic carbocycles. The molecule has 0 unspecified atom stereocenters. The summed E-state index contributed by atoms with van der Waals surface area (Å²) in [6, 6.07) is 0. The zero-order valence-corrected chi connectivity index (χ0v) is 8.11. The fourth-order valence-corrected chi connectivity index (χ4v) is 2.40. The molecule has 4 nitrogen and oxygen atoms in total. The number of fused-ring (bicyclic) bond motifs is 1. The third kappa shape index (κ3) is 1.14. The van der Waals surface area contributed by atoms with Gasteiger partial charge in [0.25, 0.3) is 0 Å². The van der Waals surface area contributed by atoms with Crippen molar-refractivity contribution in [3.05, 3.63) is 12.4 Å². The molecule has 4 heteroatoms. The summed E-state index contributed by atoms with van der Waals surface area (Å²) in [6.07, 6.45) is 12.3. The van der Waals surface area contributed by atoms with E-state index in [0.717, 1.165) is 5.95 Å². The second kappa shape index (κ2) is 2.83. The summed E-state index contributed by atoms with van der Waals surface area (Å²) in [5.41, 5.74) is 0.168. The molecule has 1 aliphatic heterocycles. The fraction of sp³-hybridized carbons (Fsp3) is 0.600. The average molecular weight is 190 g/mol. The molecule has 1 saturated carbocycles. The van der Waals surface area contributed by atoms with E-state index in [4.69, 9.17) is 0 Å². The number of nitrogens with zero attached hydrogens (tertiary/aromatic N) is 3. The molecule has 1 fully saturated rings. The van der Waals surface area contributed by atoms with Gasteiger partial charge in [-0.1, -0.05) is 19.3 Å². The van der Waals surface area contributed by atoms with Gasteiger partial charge in [0.05, 0.1) is 5.54 Å². The molecule has 2 heterocycles. The van der Waals surface area contributed by atoms with Crippen molar-refractivity contribution < 1.29 is 0 Å². The van der Waals surface area contributed by atoms with Gasteiger partial charge < -0.3 is 5.32 Å². The minimum atomic E-state index is 0.168. The number of hydrogen-bond donors (Lipinski definition) is 1. The zero-order chi connectivity index (χ0) is 9.43. The van der Waals surface area contributed by atoms with E-state index >= 15 is 0 Å². The number of aromatic nitrogens is 3. The summed E-state index contributed by atoms with van der Waals surface area (Å²) in [5.74, 6) is 0.884. The largest absolute Gasteiger partial charge is 0.345 e. The Balaban J connectivity index is 1.92. The monoisotopic (exact) mass is 190 g/mol. The number of rotatable bonds is 0. The molecule has 0 amide bonds. The number of nitrogens with one attached hydrogen (secondary N) is 1. The normalized spacial score (nSPS) is 23.1. The van der Waals surface area contributed by atoms with Crippen molar-refractivity contribution in [1.82, 2.24) is 14.8 Å². The average Bonchev–Trinajstić information content (AvgIpc) is 2.66. The number of hydrogen-bond acceptors (Lipinski definition) is 3. The minimum Gasteiger partial charge on any atom is -0.345 e. The summed E-state index contributed by atoms with van der Waals surface area (Å²) in [7, 11) is 0. The molecule has 1 spiro atoms. The molecule has 0 radical (unpaired) electrons. The molecule has 3 rings (SSSR count). The van der Waals surface area contributed by atoms with Crippen molar-refractivity contribution in [3.8, 4) is 0 Å². The van der Waals surface area contributed by atoms with Gasteiger partial charge in [0.15, 0.2) is 0 Å². The SMILES string of the molecule is C1=CC2(CCCCC2)Nc2ncnn21. The summed E-state index contributed by atoms with van der Waals surface area (Å²) in [5, 5.41) is 7.59. The molecule has 1 aromatic heterocycles. The van der Waals surface area contributed by atoms with Gasteiger partial charge in [-0.25, -0.2) is 4.68 Å². The summed E-state index contributed by atoms with van der Waals surface area (Å²) < 4.78 is 1.79. The maximum Gasteiger partial charge on any atom is 0.226 e. The van der Waals surface area contributed by atoms with Gasteiger partial charge in [-0.15, -0.1) is 0 Å². The van der Waals surface area contributed by atoms with Crippen LogP contribution in [0, 0.1) is 0 Å². The van der Waals surface area contributed by atoms with Gasteiger partial charge in [0.2, 0.25) is 5.95 Å². The van der Waals surface area contributed by atoms with Gasteiger partial charge in [0, 0.05) is 6.20 Å². The number of anilines is 1. The molecule has 0 bridgehead atoms. The highest BCUT2D eigenvalue weighted by molar-refractivity contribution is 5.48. The second-order valence-electron chi connectivity index (χ2n) is 4.19. The Bertz CT molecular complexity index is 360. The second-order valence-corrected chi connectivity index (χ2v) is 4.19. The van der Waals surface area contributed by atoms with Gasteiger partial charge >= 0.3 is 0 Å². The van der Waals surface area contributed by atoms with Crippen LogP contribution >= 0.6 is 0 Å². The Morgan fingerprint density at radius 3 is 3.00 bits per heavy atom. The predicted octanol–water partition coefficient (Wildman–Crippen LogP) is 1.88. The molecule has 2 aliphatic rings. The first-order chi connectivity index (χ1) is 6.88. The van der Waals surface area contributed by atoms with E-state index in [-0.39, 0.29) is 5.54 Å². The van der Waals surface area contributed by atoms with Gasteiger partial charge in [-0.3, -0.25) is 0 Å². The van der Waals surface area contributed by atoms with Gasteiger partial charge in [-0.2, -0.15) is 10.1 Å². The molecular formula is C10H14N4. The third-order valence-electron chi connectivity index (χ3n) is 3.21. The van der Waals surface area contributed by atoms with E-state index in [2.05, 4.69) is 21.5 Å². The van der Waals surface area contributed by atoms with Crippen molar-refractivity contribution in [3.63, 3.8) is 0 Å². The lowest BCUT2D eigenvalue weighted by molar-refractivity contribution is 0.379. The van der Waals surface area contributed by atoms with Crippen LogP contribution in [0.4, 0.5) is 5.95 Å². The van der Waals surface area contributed by atoms with Crippen LogP contribution in [0.5, 0.6) is 0 Å². The predicted molar refractivity (Wildman–Crippen MR) is 54.8 cm³/mol. The van der Waals surface area contributed by atoms with E-state index in [1.807, 2.05) is 6.20 Å². The van der Waals surface area contributed by atoms with Crippen LogP contribution in [-0.4, -0.2) is 20.3 Å². The Morgan fingerprint density at radius 1 is 1.29 bits per heavy atom. The van der Waals surface area contributed by atoms with Crippen molar-refractivity contribution >= 4 is 12.1 Å². The van der Waals surface area contributed by atoms with Crippen molar-refractivity contribution in [2.45, 2.75) is 37.6 Å². The van der Waals surface area contributed by atoms with Crippen LogP contribution in [0.3, 0.4) is 0 Å². The summed E-state index contributed by atoms with van der Waals surface area (Å²) in [6.45, 7) is 0.